The van der Waals surface area contributed by atoms with E-state index in [0.717, 1.165) is 5.41 Å². The molecule has 1 rings (SSSR count). The van der Waals surface area contributed by atoms with Crippen LogP contribution >= 0.6 is 0 Å². The predicted octanol–water partition coefficient (Wildman–Crippen LogP) is 2.15. The third kappa shape index (κ3) is 7.92. The molecule has 0 bridgehead atoms. The van der Waals surface area contributed by atoms with Crippen molar-refractivity contribution in [2.75, 3.05) is 6.54 Å². The molecule has 0 aliphatic heterocycles. The number of hydrogen-bond acceptors (Lipinski definition) is 5. The summed E-state index contributed by atoms with van der Waals surface area (Å²) >= 11 is 0. The van der Waals surface area contributed by atoms with E-state index in [-0.39, 0.29) is 18.0 Å². The van der Waals surface area contributed by atoms with Crippen molar-refractivity contribution in [2.45, 2.75) is 52.8 Å². The average molecular weight is 397 g/mol. The minimum Gasteiger partial charge on any atom is -0.452 e. The van der Waals surface area contributed by atoms with Crippen LogP contribution in [0.2, 0.25) is 0 Å². The van der Waals surface area contributed by atoms with Crippen LogP contribution in [0.15, 0.2) is 35.7 Å². The highest BCUT2D eigenvalue weighted by atomic mass is 32.2. The minimum atomic E-state index is -3.80. The maximum absolute atomic E-state index is 12.4. The second-order valence-corrected chi connectivity index (χ2v) is 8.30. The first kappa shape index (κ1) is 22.9. The molecule has 0 saturated carbocycles. The number of nitrogens with zero attached hydrogens (tertiary/aromatic N) is 1. The van der Waals surface area contributed by atoms with Crippen LogP contribution in [0.4, 0.5) is 0 Å². The number of hydrogen-bond donors (Lipinski definition) is 1. The van der Waals surface area contributed by atoms with E-state index in [1.54, 1.807) is 29.2 Å². The third-order valence-electron chi connectivity index (χ3n) is 3.68. The lowest BCUT2D eigenvalue weighted by Gasteiger charge is -2.32. The fourth-order valence-corrected chi connectivity index (χ4v) is 3.30. The summed E-state index contributed by atoms with van der Waals surface area (Å²) < 4.78 is 31.1. The molecule has 0 heterocycles. The van der Waals surface area contributed by atoms with Gasteiger partial charge in [0, 0.05) is 17.5 Å². The Kier molecular flexibility index (Phi) is 8.65. The standard InChI is InChI=1S/C19H28N2O5S/c1-14(2)21(15(3)4)19(23)16(5)26-18(22)13-20-27(24,25)12-11-17-9-7-6-8-10-17/h6-12,14-16,20H,13H2,1-5H3/b12-11+/t16-/m0/s1. The van der Waals surface area contributed by atoms with Crippen LogP contribution in [0.1, 0.15) is 40.2 Å². The Balaban J connectivity index is 2.58. The largest absolute Gasteiger partial charge is 0.452 e. The van der Waals surface area contributed by atoms with Crippen molar-refractivity contribution in [1.29, 1.82) is 0 Å². The van der Waals surface area contributed by atoms with Gasteiger partial charge in [0.2, 0.25) is 10.0 Å². The zero-order valence-corrected chi connectivity index (χ0v) is 17.2. The van der Waals surface area contributed by atoms with Crippen molar-refractivity contribution in [3.63, 3.8) is 0 Å². The summed E-state index contributed by atoms with van der Waals surface area (Å²) in [4.78, 5) is 25.9. The van der Waals surface area contributed by atoms with E-state index < -0.39 is 28.6 Å². The van der Waals surface area contributed by atoms with Gasteiger partial charge in [-0.05, 0) is 46.3 Å². The predicted molar refractivity (Wildman–Crippen MR) is 105 cm³/mol. The quantitative estimate of drug-likeness (QED) is 0.646. The molecule has 0 aliphatic rings. The zero-order valence-electron chi connectivity index (χ0n) is 16.4. The lowest BCUT2D eigenvalue weighted by atomic mass is 10.2. The van der Waals surface area contributed by atoms with E-state index in [9.17, 15) is 18.0 Å². The topological polar surface area (TPSA) is 92.8 Å². The van der Waals surface area contributed by atoms with Crippen molar-refractivity contribution in [1.82, 2.24) is 9.62 Å². The van der Waals surface area contributed by atoms with Crippen LogP contribution in [0.3, 0.4) is 0 Å². The molecule has 1 aromatic carbocycles. The molecule has 1 amide bonds. The van der Waals surface area contributed by atoms with Crippen LogP contribution in [0.5, 0.6) is 0 Å². The maximum atomic E-state index is 12.4. The van der Waals surface area contributed by atoms with E-state index in [4.69, 9.17) is 4.74 Å². The van der Waals surface area contributed by atoms with E-state index in [0.29, 0.717) is 5.56 Å². The summed E-state index contributed by atoms with van der Waals surface area (Å²) in [6.07, 6.45) is 0.426. The lowest BCUT2D eigenvalue weighted by Crippen LogP contribution is -2.48. The molecule has 0 aliphatic carbocycles. The summed E-state index contributed by atoms with van der Waals surface area (Å²) in [7, 11) is -3.80. The van der Waals surface area contributed by atoms with Crippen molar-refractivity contribution >= 4 is 28.0 Å². The van der Waals surface area contributed by atoms with Gasteiger partial charge in [0.05, 0.1) is 0 Å². The summed E-state index contributed by atoms with van der Waals surface area (Å²) in [5.74, 6) is -1.14. The molecule has 7 nitrogen and oxygen atoms in total. The highest BCUT2D eigenvalue weighted by Crippen LogP contribution is 2.10. The third-order valence-corrected chi connectivity index (χ3v) is 4.72. The summed E-state index contributed by atoms with van der Waals surface area (Å²) in [6.45, 7) is 8.42. The van der Waals surface area contributed by atoms with Gasteiger partial charge >= 0.3 is 5.97 Å². The number of ether oxygens (including phenoxy) is 1. The first-order valence-corrected chi connectivity index (χ1v) is 10.3. The van der Waals surface area contributed by atoms with Crippen LogP contribution in [-0.4, -0.2) is 49.9 Å². The van der Waals surface area contributed by atoms with Gasteiger partial charge in [0.1, 0.15) is 6.54 Å². The summed E-state index contributed by atoms with van der Waals surface area (Å²) in [5.41, 5.74) is 0.715. The number of rotatable bonds is 9. The fraction of sp³-hybridized carbons (Fsp3) is 0.474. The summed E-state index contributed by atoms with van der Waals surface area (Å²) in [6, 6.07) is 8.81. The minimum absolute atomic E-state index is 0.0414. The van der Waals surface area contributed by atoms with E-state index >= 15 is 0 Å². The van der Waals surface area contributed by atoms with Crippen molar-refractivity contribution in [2.24, 2.45) is 0 Å². The molecule has 0 spiro atoms. The van der Waals surface area contributed by atoms with E-state index in [2.05, 4.69) is 4.72 Å². The second kappa shape index (κ2) is 10.2. The van der Waals surface area contributed by atoms with E-state index in [1.165, 1.54) is 13.0 Å². The van der Waals surface area contributed by atoms with Gasteiger partial charge in [-0.1, -0.05) is 30.3 Å². The van der Waals surface area contributed by atoms with Crippen LogP contribution in [0.25, 0.3) is 6.08 Å². The lowest BCUT2D eigenvalue weighted by molar-refractivity contribution is -0.160. The number of esters is 1. The number of nitrogens with one attached hydrogen (secondary N) is 1. The first-order valence-electron chi connectivity index (χ1n) is 8.78. The SMILES string of the molecule is CC(C)N(C(=O)[C@H](C)OC(=O)CNS(=O)(=O)/C=C/c1ccccc1)C(C)C. The number of benzene rings is 1. The molecule has 150 valence electrons. The Morgan fingerprint density at radius 1 is 1.07 bits per heavy atom. The van der Waals surface area contributed by atoms with Crippen LogP contribution in [-0.2, 0) is 24.3 Å². The normalized spacial score (nSPS) is 13.1. The van der Waals surface area contributed by atoms with Gasteiger partial charge in [0.15, 0.2) is 6.10 Å². The first-order chi connectivity index (χ1) is 12.5. The molecule has 27 heavy (non-hydrogen) atoms. The molecule has 0 aromatic heterocycles. The Morgan fingerprint density at radius 3 is 2.15 bits per heavy atom. The van der Waals surface area contributed by atoms with Gasteiger partial charge in [0.25, 0.3) is 5.91 Å². The van der Waals surface area contributed by atoms with Gasteiger partial charge in [-0.25, -0.2) is 13.1 Å². The monoisotopic (exact) mass is 396 g/mol. The molecule has 0 unspecified atom stereocenters. The van der Waals surface area contributed by atoms with Crippen molar-refractivity contribution in [3.8, 4) is 0 Å². The molecule has 1 N–H and O–H groups in total. The Hall–Kier alpha value is -2.19. The molecule has 0 saturated heterocycles. The van der Waals surface area contributed by atoms with Crippen LogP contribution in [0, 0.1) is 0 Å². The van der Waals surface area contributed by atoms with Crippen LogP contribution < -0.4 is 4.72 Å². The Morgan fingerprint density at radius 2 is 1.63 bits per heavy atom. The Bertz CT molecular complexity index is 750. The number of carbonyl (C=O) groups excluding carboxylic acids is 2. The highest BCUT2D eigenvalue weighted by molar-refractivity contribution is 7.92. The number of sulfonamides is 1. The molecule has 1 aromatic rings. The molecule has 0 radical (unpaired) electrons. The highest BCUT2D eigenvalue weighted by Gasteiger charge is 2.27. The van der Waals surface area contributed by atoms with Gasteiger partial charge in [-0.2, -0.15) is 0 Å². The maximum Gasteiger partial charge on any atom is 0.321 e. The van der Waals surface area contributed by atoms with Gasteiger partial charge in [-0.15, -0.1) is 0 Å². The molecular weight excluding hydrogens is 368 g/mol. The number of carbonyl (C=O) groups is 2. The smallest absolute Gasteiger partial charge is 0.321 e. The number of amides is 1. The van der Waals surface area contributed by atoms with Crippen molar-refractivity contribution in [3.05, 3.63) is 41.3 Å². The van der Waals surface area contributed by atoms with Gasteiger partial charge < -0.3 is 9.64 Å². The molecule has 1 atom stereocenters. The van der Waals surface area contributed by atoms with Crippen molar-refractivity contribution < 1.29 is 22.7 Å². The average Bonchev–Trinajstić information content (AvgIpc) is 2.58. The van der Waals surface area contributed by atoms with Gasteiger partial charge in [-0.3, -0.25) is 9.59 Å². The summed E-state index contributed by atoms with van der Waals surface area (Å²) in [5, 5.41) is 0.976. The molecule has 0 fully saturated rings. The second-order valence-electron chi connectivity index (χ2n) is 6.64. The zero-order chi connectivity index (χ0) is 20.6. The molecule has 8 heteroatoms. The van der Waals surface area contributed by atoms with E-state index in [1.807, 2.05) is 33.8 Å². The fourth-order valence-electron chi connectivity index (χ4n) is 2.54. The molecular formula is C19H28N2O5S. The Labute approximate surface area is 161 Å².